The van der Waals surface area contributed by atoms with Crippen LogP contribution >= 0.6 is 11.6 Å². The average molecular weight is 401 g/mol. The summed E-state index contributed by atoms with van der Waals surface area (Å²) in [5.41, 5.74) is 2.43. The zero-order valence-electron chi connectivity index (χ0n) is 15.5. The third-order valence-corrected chi connectivity index (χ3v) is 4.85. The number of aryl methyl sites for hydroxylation is 1. The molecule has 28 heavy (non-hydrogen) atoms. The number of carbonyl (C=O) groups excluding carboxylic acids is 3. The Labute approximate surface area is 168 Å². The summed E-state index contributed by atoms with van der Waals surface area (Å²) in [7, 11) is 0. The largest absolute Gasteiger partial charge is 0.455 e. The first-order chi connectivity index (χ1) is 13.5. The molecule has 1 fully saturated rings. The summed E-state index contributed by atoms with van der Waals surface area (Å²) in [5.74, 6) is -1.70. The second-order valence-electron chi connectivity index (χ2n) is 6.55. The van der Waals surface area contributed by atoms with E-state index in [1.807, 2.05) is 31.2 Å². The van der Waals surface area contributed by atoms with E-state index in [1.54, 1.807) is 29.2 Å². The highest BCUT2D eigenvalue weighted by Gasteiger charge is 2.36. The summed E-state index contributed by atoms with van der Waals surface area (Å²) >= 11 is 5.80. The molecule has 0 aliphatic carbocycles. The van der Waals surface area contributed by atoms with Crippen LogP contribution in [0.2, 0.25) is 5.02 Å². The van der Waals surface area contributed by atoms with E-state index in [1.165, 1.54) is 0 Å². The van der Waals surface area contributed by atoms with Crippen molar-refractivity contribution in [3.05, 3.63) is 59.1 Å². The molecule has 2 amide bonds. The fraction of sp³-hybridized carbons (Fsp3) is 0.286. The topological polar surface area (TPSA) is 75.7 Å². The number of esters is 1. The van der Waals surface area contributed by atoms with Crippen molar-refractivity contribution in [2.75, 3.05) is 23.4 Å². The Bertz CT molecular complexity index is 882. The number of nitrogens with zero attached hydrogens (tertiary/aromatic N) is 1. The SMILES string of the molecule is CCc1ccccc1N1C[C@@H](C(=O)OCC(=O)Nc2ccc(Cl)cc2)CC1=O. The molecule has 1 atom stereocenters. The average Bonchev–Trinajstić information content (AvgIpc) is 3.09. The molecule has 3 rings (SSSR count). The molecule has 7 heteroatoms. The van der Waals surface area contributed by atoms with Crippen molar-refractivity contribution in [3.8, 4) is 0 Å². The van der Waals surface area contributed by atoms with E-state index in [0.29, 0.717) is 10.7 Å². The molecule has 0 bridgehead atoms. The Morgan fingerprint density at radius 3 is 2.61 bits per heavy atom. The molecular formula is C21H21ClN2O4. The molecule has 0 saturated carbocycles. The Morgan fingerprint density at radius 2 is 1.89 bits per heavy atom. The van der Waals surface area contributed by atoms with E-state index in [4.69, 9.17) is 16.3 Å². The fourth-order valence-electron chi connectivity index (χ4n) is 3.16. The zero-order chi connectivity index (χ0) is 20.1. The summed E-state index contributed by atoms with van der Waals surface area (Å²) in [6.45, 7) is 1.87. The third kappa shape index (κ3) is 4.70. The second kappa shape index (κ2) is 8.89. The number of amides is 2. The minimum absolute atomic E-state index is 0.0791. The molecule has 0 radical (unpaired) electrons. The van der Waals surface area contributed by atoms with Gasteiger partial charge in [0.1, 0.15) is 0 Å². The van der Waals surface area contributed by atoms with Crippen LogP contribution in [0.5, 0.6) is 0 Å². The second-order valence-corrected chi connectivity index (χ2v) is 6.99. The van der Waals surface area contributed by atoms with Crippen LogP contribution in [0.1, 0.15) is 18.9 Å². The molecule has 1 aliphatic heterocycles. The van der Waals surface area contributed by atoms with E-state index >= 15 is 0 Å². The number of para-hydroxylation sites is 1. The van der Waals surface area contributed by atoms with Gasteiger partial charge in [-0.2, -0.15) is 0 Å². The molecule has 2 aromatic carbocycles. The lowest BCUT2D eigenvalue weighted by molar-refractivity contribution is -0.151. The quantitative estimate of drug-likeness (QED) is 0.753. The number of hydrogen-bond donors (Lipinski definition) is 1. The van der Waals surface area contributed by atoms with Crippen LogP contribution in [-0.4, -0.2) is 30.9 Å². The molecule has 0 aromatic heterocycles. The van der Waals surface area contributed by atoms with Crippen molar-refractivity contribution in [3.63, 3.8) is 0 Å². The van der Waals surface area contributed by atoms with Gasteiger partial charge in [0, 0.05) is 29.4 Å². The Hall–Kier alpha value is -2.86. The molecule has 1 heterocycles. The third-order valence-electron chi connectivity index (χ3n) is 4.60. The first-order valence-corrected chi connectivity index (χ1v) is 9.46. The van der Waals surface area contributed by atoms with Gasteiger partial charge in [-0.15, -0.1) is 0 Å². The van der Waals surface area contributed by atoms with Gasteiger partial charge in [-0.1, -0.05) is 36.7 Å². The maximum absolute atomic E-state index is 12.4. The number of ether oxygens (including phenoxy) is 1. The lowest BCUT2D eigenvalue weighted by atomic mass is 10.1. The summed E-state index contributed by atoms with van der Waals surface area (Å²) < 4.78 is 5.12. The predicted octanol–water partition coefficient (Wildman–Crippen LogP) is 3.44. The van der Waals surface area contributed by atoms with Crippen molar-refractivity contribution >= 4 is 40.8 Å². The Kier molecular flexibility index (Phi) is 6.31. The van der Waals surface area contributed by atoms with E-state index in [0.717, 1.165) is 17.7 Å². The summed E-state index contributed by atoms with van der Waals surface area (Å²) in [6, 6.07) is 14.2. The molecule has 1 N–H and O–H groups in total. The number of benzene rings is 2. The zero-order valence-corrected chi connectivity index (χ0v) is 16.2. The molecule has 146 valence electrons. The van der Waals surface area contributed by atoms with Crippen LogP contribution in [0.4, 0.5) is 11.4 Å². The van der Waals surface area contributed by atoms with Crippen LogP contribution in [-0.2, 0) is 25.5 Å². The van der Waals surface area contributed by atoms with Gasteiger partial charge in [-0.3, -0.25) is 14.4 Å². The lowest BCUT2D eigenvalue weighted by Gasteiger charge is -2.19. The molecule has 6 nitrogen and oxygen atoms in total. The van der Waals surface area contributed by atoms with Gasteiger partial charge >= 0.3 is 5.97 Å². The van der Waals surface area contributed by atoms with Gasteiger partial charge in [0.15, 0.2) is 6.61 Å². The van der Waals surface area contributed by atoms with Gasteiger partial charge in [-0.25, -0.2) is 0 Å². The van der Waals surface area contributed by atoms with Crippen molar-refractivity contribution in [1.82, 2.24) is 0 Å². The lowest BCUT2D eigenvalue weighted by Crippen LogP contribution is -2.28. The predicted molar refractivity (Wildman–Crippen MR) is 107 cm³/mol. The number of halogens is 1. The van der Waals surface area contributed by atoms with Gasteiger partial charge in [0.2, 0.25) is 5.91 Å². The van der Waals surface area contributed by atoms with E-state index in [9.17, 15) is 14.4 Å². The van der Waals surface area contributed by atoms with Gasteiger partial charge in [-0.05, 0) is 42.3 Å². The highest BCUT2D eigenvalue weighted by atomic mass is 35.5. The Balaban J connectivity index is 1.54. The van der Waals surface area contributed by atoms with Gasteiger partial charge in [0.25, 0.3) is 5.91 Å². The van der Waals surface area contributed by atoms with Crippen LogP contribution in [0.3, 0.4) is 0 Å². The number of rotatable bonds is 6. The molecular weight excluding hydrogens is 380 g/mol. The van der Waals surface area contributed by atoms with Crippen LogP contribution in [0, 0.1) is 5.92 Å². The number of anilines is 2. The first kappa shape index (κ1) is 19.9. The monoisotopic (exact) mass is 400 g/mol. The smallest absolute Gasteiger partial charge is 0.311 e. The van der Waals surface area contributed by atoms with Gasteiger partial charge < -0.3 is 15.0 Å². The van der Waals surface area contributed by atoms with Crippen molar-refractivity contribution in [2.24, 2.45) is 5.92 Å². The first-order valence-electron chi connectivity index (χ1n) is 9.08. The van der Waals surface area contributed by atoms with Gasteiger partial charge in [0.05, 0.1) is 5.92 Å². The Morgan fingerprint density at radius 1 is 1.18 bits per heavy atom. The van der Waals surface area contributed by atoms with Crippen molar-refractivity contribution < 1.29 is 19.1 Å². The summed E-state index contributed by atoms with van der Waals surface area (Å²) in [4.78, 5) is 38.3. The normalized spacial score (nSPS) is 16.1. The highest BCUT2D eigenvalue weighted by molar-refractivity contribution is 6.30. The van der Waals surface area contributed by atoms with E-state index < -0.39 is 24.4 Å². The van der Waals surface area contributed by atoms with Crippen molar-refractivity contribution in [1.29, 1.82) is 0 Å². The fourth-order valence-corrected chi connectivity index (χ4v) is 3.28. The maximum atomic E-state index is 12.4. The summed E-state index contributed by atoms with van der Waals surface area (Å²) in [6.07, 6.45) is 0.871. The molecule has 2 aromatic rings. The molecule has 1 saturated heterocycles. The minimum Gasteiger partial charge on any atom is -0.455 e. The highest BCUT2D eigenvalue weighted by Crippen LogP contribution is 2.29. The number of nitrogens with one attached hydrogen (secondary N) is 1. The van der Waals surface area contributed by atoms with Crippen LogP contribution < -0.4 is 10.2 Å². The minimum atomic E-state index is -0.583. The van der Waals surface area contributed by atoms with Crippen LogP contribution in [0.25, 0.3) is 0 Å². The number of hydrogen-bond acceptors (Lipinski definition) is 4. The molecule has 0 spiro atoms. The number of carbonyl (C=O) groups is 3. The van der Waals surface area contributed by atoms with Crippen molar-refractivity contribution in [2.45, 2.75) is 19.8 Å². The van der Waals surface area contributed by atoms with E-state index in [-0.39, 0.29) is 18.9 Å². The summed E-state index contributed by atoms with van der Waals surface area (Å²) in [5, 5.41) is 3.18. The maximum Gasteiger partial charge on any atom is 0.311 e. The molecule has 1 aliphatic rings. The van der Waals surface area contributed by atoms with Crippen LogP contribution in [0.15, 0.2) is 48.5 Å². The molecule has 0 unspecified atom stereocenters. The van der Waals surface area contributed by atoms with E-state index in [2.05, 4.69) is 5.32 Å². The standard InChI is InChI=1S/C21H21ClN2O4/c1-2-14-5-3-4-6-18(14)24-12-15(11-20(24)26)21(27)28-13-19(25)23-17-9-7-16(22)8-10-17/h3-10,15H,2,11-13H2,1H3,(H,23,25)/t15-/m0/s1.